The van der Waals surface area contributed by atoms with E-state index in [1.807, 2.05) is 22.9 Å². The smallest absolute Gasteiger partial charge is 0.0645 e. The van der Waals surface area contributed by atoms with Crippen LogP contribution in [-0.2, 0) is 6.42 Å². The van der Waals surface area contributed by atoms with Crippen LogP contribution in [0.5, 0.6) is 0 Å². The topological polar surface area (TPSA) is 29.9 Å². The zero-order chi connectivity index (χ0) is 15.1. The first-order valence-electron chi connectivity index (χ1n) is 7.98. The van der Waals surface area contributed by atoms with E-state index in [-0.39, 0.29) is 0 Å². The molecule has 21 heavy (non-hydrogen) atoms. The third-order valence-electron chi connectivity index (χ3n) is 3.72. The summed E-state index contributed by atoms with van der Waals surface area (Å²) in [5, 5.41) is 8.13. The Hall–Kier alpha value is -1.61. The molecule has 0 unspecified atom stereocenters. The van der Waals surface area contributed by atoms with Crippen LogP contribution in [0.2, 0.25) is 0 Å². The average molecular weight is 285 g/mol. The molecule has 3 nitrogen and oxygen atoms in total. The summed E-state index contributed by atoms with van der Waals surface area (Å²) in [5.41, 5.74) is 3.62. The Balaban J connectivity index is 1.80. The normalized spacial score (nSPS) is 11.2. The number of hydrogen-bond donors (Lipinski definition) is 1. The largest absolute Gasteiger partial charge is 0.317 e. The number of benzene rings is 1. The van der Waals surface area contributed by atoms with Gasteiger partial charge < -0.3 is 5.32 Å². The van der Waals surface area contributed by atoms with E-state index in [2.05, 4.69) is 49.5 Å². The highest BCUT2D eigenvalue weighted by Crippen LogP contribution is 2.13. The molecule has 114 valence electrons. The van der Waals surface area contributed by atoms with Crippen molar-refractivity contribution < 1.29 is 0 Å². The highest BCUT2D eigenvalue weighted by atomic mass is 15.3. The van der Waals surface area contributed by atoms with Crippen LogP contribution in [-0.4, -0.2) is 22.9 Å². The summed E-state index contributed by atoms with van der Waals surface area (Å²) < 4.78 is 1.98. The standard InChI is InChI=1S/C18H27N3/c1-15(2)11-13-19-12-7-8-17-14-21(20-16(17)3)18-9-5-4-6-10-18/h4-6,9-10,14-15,19H,7-8,11-13H2,1-3H3. The number of para-hydroxylation sites is 1. The van der Waals surface area contributed by atoms with Crippen molar-refractivity contribution in [1.29, 1.82) is 0 Å². The minimum atomic E-state index is 0.781. The van der Waals surface area contributed by atoms with Gasteiger partial charge in [-0.25, -0.2) is 4.68 Å². The SMILES string of the molecule is Cc1nn(-c2ccccc2)cc1CCCNCCC(C)C. The van der Waals surface area contributed by atoms with Crippen molar-refractivity contribution in [2.24, 2.45) is 5.92 Å². The summed E-state index contributed by atoms with van der Waals surface area (Å²) >= 11 is 0. The molecule has 0 atom stereocenters. The van der Waals surface area contributed by atoms with E-state index in [1.54, 1.807) is 0 Å². The van der Waals surface area contributed by atoms with Crippen molar-refractivity contribution in [3.63, 3.8) is 0 Å². The van der Waals surface area contributed by atoms with Crippen LogP contribution in [0.3, 0.4) is 0 Å². The van der Waals surface area contributed by atoms with Crippen molar-refractivity contribution >= 4 is 0 Å². The minimum absolute atomic E-state index is 0.781. The van der Waals surface area contributed by atoms with E-state index in [0.29, 0.717) is 0 Å². The second kappa shape index (κ2) is 7.99. The molecule has 2 aromatic rings. The molecule has 1 aromatic carbocycles. The van der Waals surface area contributed by atoms with Crippen LogP contribution in [0.25, 0.3) is 5.69 Å². The molecule has 3 heteroatoms. The highest BCUT2D eigenvalue weighted by Gasteiger charge is 2.05. The van der Waals surface area contributed by atoms with E-state index in [9.17, 15) is 0 Å². The summed E-state index contributed by atoms with van der Waals surface area (Å²) in [5.74, 6) is 0.781. The number of nitrogens with zero attached hydrogens (tertiary/aromatic N) is 2. The molecule has 2 rings (SSSR count). The van der Waals surface area contributed by atoms with Gasteiger partial charge in [0.15, 0.2) is 0 Å². The van der Waals surface area contributed by atoms with Crippen LogP contribution in [0.15, 0.2) is 36.5 Å². The Morgan fingerprint density at radius 3 is 2.62 bits per heavy atom. The van der Waals surface area contributed by atoms with Crippen molar-refractivity contribution in [2.45, 2.75) is 40.0 Å². The van der Waals surface area contributed by atoms with Gasteiger partial charge in [0.2, 0.25) is 0 Å². The van der Waals surface area contributed by atoms with E-state index in [4.69, 9.17) is 0 Å². The third kappa shape index (κ3) is 5.01. The number of hydrogen-bond acceptors (Lipinski definition) is 2. The lowest BCUT2D eigenvalue weighted by Gasteiger charge is -2.06. The van der Waals surface area contributed by atoms with Gasteiger partial charge in [-0.1, -0.05) is 32.0 Å². The molecule has 0 spiro atoms. The highest BCUT2D eigenvalue weighted by molar-refractivity contribution is 5.32. The van der Waals surface area contributed by atoms with Crippen molar-refractivity contribution in [3.8, 4) is 5.69 Å². The van der Waals surface area contributed by atoms with Gasteiger partial charge in [0.05, 0.1) is 11.4 Å². The van der Waals surface area contributed by atoms with Gasteiger partial charge in [-0.2, -0.15) is 5.10 Å². The molecule has 0 amide bonds. The van der Waals surface area contributed by atoms with Crippen LogP contribution in [0.1, 0.15) is 37.9 Å². The summed E-state index contributed by atoms with van der Waals surface area (Å²) in [7, 11) is 0. The summed E-state index contributed by atoms with van der Waals surface area (Å²) in [6.07, 6.45) is 5.68. The van der Waals surface area contributed by atoms with Gasteiger partial charge in [0, 0.05) is 6.20 Å². The van der Waals surface area contributed by atoms with Gasteiger partial charge >= 0.3 is 0 Å². The molecule has 0 bridgehead atoms. The molecule has 0 aliphatic heterocycles. The van der Waals surface area contributed by atoms with Crippen LogP contribution in [0, 0.1) is 12.8 Å². The second-order valence-electron chi connectivity index (χ2n) is 6.06. The Bertz CT molecular complexity index is 529. The molecule has 0 saturated carbocycles. The molecule has 1 heterocycles. The Morgan fingerprint density at radius 2 is 1.90 bits per heavy atom. The Morgan fingerprint density at radius 1 is 1.14 bits per heavy atom. The molecule has 0 aliphatic carbocycles. The fraction of sp³-hybridized carbons (Fsp3) is 0.500. The van der Waals surface area contributed by atoms with E-state index >= 15 is 0 Å². The minimum Gasteiger partial charge on any atom is -0.317 e. The summed E-state index contributed by atoms with van der Waals surface area (Å²) in [6.45, 7) is 8.84. The first kappa shape index (κ1) is 15.8. The third-order valence-corrected chi connectivity index (χ3v) is 3.72. The predicted octanol–water partition coefficient (Wildman–Crippen LogP) is 3.75. The number of aryl methyl sites for hydroxylation is 2. The van der Waals surface area contributed by atoms with Crippen molar-refractivity contribution in [1.82, 2.24) is 15.1 Å². The van der Waals surface area contributed by atoms with Crippen molar-refractivity contribution in [3.05, 3.63) is 47.8 Å². The van der Waals surface area contributed by atoms with Crippen LogP contribution in [0.4, 0.5) is 0 Å². The lowest BCUT2D eigenvalue weighted by molar-refractivity contribution is 0.532. The molecule has 0 aliphatic rings. The fourth-order valence-electron chi connectivity index (χ4n) is 2.37. The van der Waals surface area contributed by atoms with Gasteiger partial charge in [0.25, 0.3) is 0 Å². The van der Waals surface area contributed by atoms with Gasteiger partial charge in [0.1, 0.15) is 0 Å². The Kier molecular flexibility index (Phi) is 6.00. The van der Waals surface area contributed by atoms with E-state index in [1.165, 1.54) is 18.4 Å². The van der Waals surface area contributed by atoms with Crippen LogP contribution >= 0.6 is 0 Å². The van der Waals surface area contributed by atoms with Crippen molar-refractivity contribution in [2.75, 3.05) is 13.1 Å². The Labute approximate surface area is 128 Å². The summed E-state index contributed by atoms with van der Waals surface area (Å²) in [6, 6.07) is 10.3. The van der Waals surface area contributed by atoms with Gasteiger partial charge in [-0.15, -0.1) is 0 Å². The second-order valence-corrected chi connectivity index (χ2v) is 6.06. The lowest BCUT2D eigenvalue weighted by Crippen LogP contribution is -2.18. The zero-order valence-corrected chi connectivity index (χ0v) is 13.5. The predicted molar refractivity (Wildman–Crippen MR) is 88.9 cm³/mol. The summed E-state index contributed by atoms with van der Waals surface area (Å²) in [4.78, 5) is 0. The van der Waals surface area contributed by atoms with Crippen LogP contribution < -0.4 is 5.32 Å². The lowest BCUT2D eigenvalue weighted by atomic mass is 10.1. The maximum Gasteiger partial charge on any atom is 0.0645 e. The molecular formula is C18H27N3. The number of rotatable bonds is 8. The maximum atomic E-state index is 4.62. The van der Waals surface area contributed by atoms with Gasteiger partial charge in [-0.05, 0) is 62.9 Å². The fourth-order valence-corrected chi connectivity index (χ4v) is 2.37. The monoisotopic (exact) mass is 285 g/mol. The first-order valence-corrected chi connectivity index (χ1v) is 7.98. The molecule has 0 fully saturated rings. The van der Waals surface area contributed by atoms with E-state index in [0.717, 1.165) is 36.8 Å². The maximum absolute atomic E-state index is 4.62. The first-order chi connectivity index (χ1) is 10.2. The average Bonchev–Trinajstić information content (AvgIpc) is 2.85. The van der Waals surface area contributed by atoms with Gasteiger partial charge in [-0.3, -0.25) is 0 Å². The molecule has 1 aromatic heterocycles. The molecule has 0 saturated heterocycles. The molecular weight excluding hydrogens is 258 g/mol. The molecule has 0 radical (unpaired) electrons. The van der Waals surface area contributed by atoms with E-state index < -0.39 is 0 Å². The number of aromatic nitrogens is 2. The number of nitrogens with one attached hydrogen (secondary N) is 1. The quantitative estimate of drug-likeness (QED) is 0.749. The zero-order valence-electron chi connectivity index (χ0n) is 13.5. The molecule has 1 N–H and O–H groups in total.